The molecule has 0 saturated carbocycles. The first kappa shape index (κ1) is 23.7. The van der Waals surface area contributed by atoms with Crippen molar-refractivity contribution in [2.75, 3.05) is 72.7 Å². The molecule has 0 unspecified atom stereocenters. The number of hydrogen-bond acceptors (Lipinski definition) is 6. The molecular formula is C23H34O6. The molecule has 0 radical (unpaired) electrons. The van der Waals surface area contributed by atoms with Crippen LogP contribution in [0.5, 0.6) is 0 Å². The van der Waals surface area contributed by atoms with E-state index in [1.807, 2.05) is 13.0 Å². The van der Waals surface area contributed by atoms with Crippen molar-refractivity contribution < 1.29 is 28.4 Å². The van der Waals surface area contributed by atoms with Gasteiger partial charge in [0.05, 0.1) is 72.7 Å². The molecule has 0 amide bonds. The lowest BCUT2D eigenvalue weighted by molar-refractivity contribution is -0.0172. The van der Waals surface area contributed by atoms with E-state index < -0.39 is 0 Å². The number of hydrogen-bond donors (Lipinski definition) is 0. The molecule has 29 heavy (non-hydrogen) atoms. The first-order chi connectivity index (χ1) is 14.4. The van der Waals surface area contributed by atoms with Gasteiger partial charge in [-0.05, 0) is 29.3 Å². The highest BCUT2D eigenvalue weighted by atomic mass is 16.6. The summed E-state index contributed by atoms with van der Waals surface area (Å²) in [5.74, 6) is 0. The molecule has 0 aliphatic heterocycles. The molecule has 0 atom stereocenters. The van der Waals surface area contributed by atoms with Crippen molar-refractivity contribution in [3.05, 3.63) is 48.0 Å². The van der Waals surface area contributed by atoms with E-state index in [4.69, 9.17) is 28.4 Å². The molecule has 6 heteroatoms. The van der Waals surface area contributed by atoms with Gasteiger partial charge in [0.15, 0.2) is 0 Å². The summed E-state index contributed by atoms with van der Waals surface area (Å²) in [7, 11) is 0. The van der Waals surface area contributed by atoms with Gasteiger partial charge in [-0.15, -0.1) is 0 Å². The molecule has 0 spiro atoms. The lowest BCUT2D eigenvalue weighted by atomic mass is 10.1. The highest BCUT2D eigenvalue weighted by molar-refractivity contribution is 5.82. The molecular weight excluding hydrogens is 372 g/mol. The summed E-state index contributed by atoms with van der Waals surface area (Å²) in [4.78, 5) is 0. The monoisotopic (exact) mass is 406 g/mol. The molecule has 0 fully saturated rings. The smallest absolute Gasteiger partial charge is 0.0718 e. The topological polar surface area (TPSA) is 55.4 Å². The van der Waals surface area contributed by atoms with Crippen LogP contribution < -0.4 is 0 Å². The Morgan fingerprint density at radius 3 is 1.55 bits per heavy atom. The van der Waals surface area contributed by atoms with Crippen LogP contribution in [0.15, 0.2) is 42.5 Å². The SMILES string of the molecule is CCOCCOCCOCCOCCOCCOCc1ccc2ccccc2c1. The van der Waals surface area contributed by atoms with Crippen LogP contribution in [0, 0.1) is 0 Å². The zero-order chi connectivity index (χ0) is 20.4. The van der Waals surface area contributed by atoms with Crippen LogP contribution in [0.4, 0.5) is 0 Å². The van der Waals surface area contributed by atoms with Gasteiger partial charge in [0, 0.05) is 6.61 Å². The molecule has 0 aromatic heterocycles. The summed E-state index contributed by atoms with van der Waals surface area (Å²) in [6, 6.07) is 14.7. The van der Waals surface area contributed by atoms with Crippen LogP contribution in [0.25, 0.3) is 10.8 Å². The number of rotatable bonds is 18. The Kier molecular flexibility index (Phi) is 13.3. The summed E-state index contributed by atoms with van der Waals surface area (Å²) in [6.07, 6.45) is 0. The quantitative estimate of drug-likeness (QED) is 0.354. The zero-order valence-corrected chi connectivity index (χ0v) is 17.5. The maximum Gasteiger partial charge on any atom is 0.0718 e. The van der Waals surface area contributed by atoms with Crippen LogP contribution in [0.3, 0.4) is 0 Å². The second-order valence-corrected chi connectivity index (χ2v) is 6.38. The van der Waals surface area contributed by atoms with Crippen molar-refractivity contribution >= 4 is 10.8 Å². The molecule has 0 aliphatic carbocycles. The van der Waals surface area contributed by atoms with E-state index in [1.54, 1.807) is 0 Å². The molecule has 0 heterocycles. The van der Waals surface area contributed by atoms with E-state index in [9.17, 15) is 0 Å². The van der Waals surface area contributed by atoms with Gasteiger partial charge in [-0.25, -0.2) is 0 Å². The van der Waals surface area contributed by atoms with Crippen molar-refractivity contribution in [3.63, 3.8) is 0 Å². The largest absolute Gasteiger partial charge is 0.379 e. The number of fused-ring (bicyclic) bond motifs is 1. The fraction of sp³-hybridized carbons (Fsp3) is 0.565. The van der Waals surface area contributed by atoms with Crippen LogP contribution in [0.2, 0.25) is 0 Å². The minimum absolute atomic E-state index is 0.554. The molecule has 0 N–H and O–H groups in total. The minimum Gasteiger partial charge on any atom is -0.379 e. The van der Waals surface area contributed by atoms with E-state index in [0.717, 1.165) is 6.61 Å². The third-order valence-electron chi connectivity index (χ3n) is 4.15. The minimum atomic E-state index is 0.554. The molecule has 0 bridgehead atoms. The average molecular weight is 407 g/mol. The third-order valence-corrected chi connectivity index (χ3v) is 4.15. The summed E-state index contributed by atoms with van der Waals surface area (Å²) in [5.41, 5.74) is 1.17. The summed E-state index contributed by atoms with van der Waals surface area (Å²) >= 11 is 0. The maximum absolute atomic E-state index is 5.68. The van der Waals surface area contributed by atoms with Crippen molar-refractivity contribution in [1.82, 2.24) is 0 Å². The van der Waals surface area contributed by atoms with Crippen LogP contribution in [0.1, 0.15) is 12.5 Å². The van der Waals surface area contributed by atoms with Crippen molar-refractivity contribution in [2.45, 2.75) is 13.5 Å². The lowest BCUT2D eigenvalue weighted by Crippen LogP contribution is -2.14. The Hall–Kier alpha value is -1.54. The van der Waals surface area contributed by atoms with Crippen molar-refractivity contribution in [1.29, 1.82) is 0 Å². The van der Waals surface area contributed by atoms with Gasteiger partial charge >= 0.3 is 0 Å². The van der Waals surface area contributed by atoms with E-state index in [-0.39, 0.29) is 0 Å². The van der Waals surface area contributed by atoms with Crippen molar-refractivity contribution in [3.8, 4) is 0 Å². The normalized spacial score (nSPS) is 11.3. The Morgan fingerprint density at radius 2 is 1.00 bits per heavy atom. The van der Waals surface area contributed by atoms with Gasteiger partial charge in [-0.1, -0.05) is 36.4 Å². The number of benzene rings is 2. The summed E-state index contributed by atoms with van der Waals surface area (Å²) in [5, 5.41) is 2.48. The second kappa shape index (κ2) is 16.3. The Labute approximate surface area is 174 Å². The van der Waals surface area contributed by atoms with Gasteiger partial charge in [-0.3, -0.25) is 0 Å². The van der Waals surface area contributed by atoms with Crippen LogP contribution in [-0.2, 0) is 35.0 Å². The summed E-state index contributed by atoms with van der Waals surface area (Å²) < 4.78 is 32.6. The van der Waals surface area contributed by atoms with E-state index >= 15 is 0 Å². The molecule has 6 nitrogen and oxygen atoms in total. The molecule has 2 rings (SSSR count). The van der Waals surface area contributed by atoms with Gasteiger partial charge < -0.3 is 28.4 Å². The highest BCUT2D eigenvalue weighted by Gasteiger charge is 1.97. The van der Waals surface area contributed by atoms with E-state index in [0.29, 0.717) is 72.7 Å². The predicted molar refractivity (Wildman–Crippen MR) is 113 cm³/mol. The third kappa shape index (κ3) is 11.3. The number of ether oxygens (including phenoxy) is 6. The first-order valence-electron chi connectivity index (χ1n) is 10.3. The maximum atomic E-state index is 5.68. The summed E-state index contributed by atoms with van der Waals surface area (Å²) in [6.45, 7) is 9.03. The first-order valence-corrected chi connectivity index (χ1v) is 10.3. The second-order valence-electron chi connectivity index (χ2n) is 6.38. The van der Waals surface area contributed by atoms with Gasteiger partial charge in [0.25, 0.3) is 0 Å². The van der Waals surface area contributed by atoms with Gasteiger partial charge in [-0.2, -0.15) is 0 Å². The fourth-order valence-corrected chi connectivity index (χ4v) is 2.66. The van der Waals surface area contributed by atoms with Gasteiger partial charge in [0.1, 0.15) is 0 Å². The molecule has 2 aromatic rings. The lowest BCUT2D eigenvalue weighted by Gasteiger charge is -2.08. The molecule has 0 aliphatic rings. The molecule has 0 saturated heterocycles. The highest BCUT2D eigenvalue weighted by Crippen LogP contribution is 2.16. The van der Waals surface area contributed by atoms with Gasteiger partial charge in [0.2, 0.25) is 0 Å². The Morgan fingerprint density at radius 1 is 0.517 bits per heavy atom. The Bertz CT molecular complexity index is 648. The van der Waals surface area contributed by atoms with E-state index in [2.05, 4.69) is 36.4 Å². The molecule has 162 valence electrons. The predicted octanol–water partition coefficient (Wildman–Crippen LogP) is 3.46. The van der Waals surface area contributed by atoms with Crippen molar-refractivity contribution in [2.24, 2.45) is 0 Å². The average Bonchev–Trinajstić information content (AvgIpc) is 2.76. The molecule has 2 aromatic carbocycles. The fourth-order valence-electron chi connectivity index (χ4n) is 2.66. The zero-order valence-electron chi connectivity index (χ0n) is 17.5. The van der Waals surface area contributed by atoms with Crippen LogP contribution in [-0.4, -0.2) is 72.7 Å². The Balaban J connectivity index is 1.33. The standard InChI is InChI=1S/C23H34O6/c1-2-24-9-10-25-11-12-26-13-14-27-15-16-28-17-18-29-20-21-7-8-22-5-3-4-6-23(22)19-21/h3-8,19H,2,9-18,20H2,1H3. The van der Waals surface area contributed by atoms with E-state index in [1.165, 1.54) is 16.3 Å². The van der Waals surface area contributed by atoms with Crippen LogP contribution >= 0.6 is 0 Å².